The number of hydrogen-bond acceptors (Lipinski definition) is 4. The number of thiazole rings is 1. The summed E-state index contributed by atoms with van der Waals surface area (Å²) in [5.41, 5.74) is 0.997. The molecule has 1 fully saturated rings. The van der Waals surface area contributed by atoms with Gasteiger partial charge in [-0.15, -0.1) is 11.3 Å². The maximum absolute atomic E-state index is 12.4. The predicted molar refractivity (Wildman–Crippen MR) is 99.9 cm³/mol. The number of carbonyl (C=O) groups excluding carboxylic acids is 1. The Morgan fingerprint density at radius 1 is 1.42 bits per heavy atom. The first kappa shape index (κ1) is 17.4. The lowest BCUT2D eigenvalue weighted by Gasteiger charge is -2.20. The van der Waals surface area contributed by atoms with Crippen molar-refractivity contribution in [3.63, 3.8) is 0 Å². The molecule has 1 unspecified atom stereocenters. The third-order valence-electron chi connectivity index (χ3n) is 4.43. The number of amides is 1. The van der Waals surface area contributed by atoms with E-state index >= 15 is 0 Å². The van der Waals surface area contributed by atoms with Crippen LogP contribution in [-0.4, -0.2) is 24.0 Å². The van der Waals surface area contributed by atoms with Crippen LogP contribution in [0.2, 0.25) is 5.02 Å². The second-order valence-electron chi connectivity index (χ2n) is 6.28. The zero-order chi connectivity index (χ0) is 16.9. The van der Waals surface area contributed by atoms with Crippen molar-refractivity contribution in [2.24, 2.45) is 5.92 Å². The fraction of sp³-hybridized carbons (Fsp3) is 0.444. The highest BCUT2D eigenvalue weighted by atomic mass is 35.5. The first-order valence-electron chi connectivity index (χ1n) is 8.34. The summed E-state index contributed by atoms with van der Waals surface area (Å²) in [5.74, 6) is 0.396. The van der Waals surface area contributed by atoms with Gasteiger partial charge in [-0.1, -0.05) is 36.7 Å². The van der Waals surface area contributed by atoms with Gasteiger partial charge in [-0.05, 0) is 49.9 Å². The molecule has 3 rings (SSSR count). The SMILES string of the molecule is CC(Cc1ccccc1Cl)C(=O)Nc1ncc(C2CCNCC2)s1. The van der Waals surface area contributed by atoms with Crippen molar-refractivity contribution in [3.8, 4) is 0 Å². The molecule has 1 saturated heterocycles. The number of aromatic nitrogens is 1. The van der Waals surface area contributed by atoms with E-state index in [1.165, 1.54) is 4.88 Å². The van der Waals surface area contributed by atoms with E-state index in [9.17, 15) is 4.79 Å². The fourth-order valence-electron chi connectivity index (χ4n) is 2.95. The van der Waals surface area contributed by atoms with E-state index < -0.39 is 0 Å². The van der Waals surface area contributed by atoms with Crippen LogP contribution in [0.1, 0.15) is 36.1 Å². The second-order valence-corrected chi connectivity index (χ2v) is 7.75. The molecule has 1 atom stereocenters. The molecule has 1 aromatic carbocycles. The molecule has 0 saturated carbocycles. The Labute approximate surface area is 151 Å². The number of hydrogen-bond donors (Lipinski definition) is 2. The molecule has 1 aliphatic heterocycles. The van der Waals surface area contributed by atoms with Crippen LogP contribution in [-0.2, 0) is 11.2 Å². The minimum atomic E-state index is -0.156. The van der Waals surface area contributed by atoms with Crippen molar-refractivity contribution in [3.05, 3.63) is 45.9 Å². The molecule has 0 aliphatic carbocycles. The molecule has 2 aromatic rings. The highest BCUT2D eigenvalue weighted by Gasteiger charge is 2.20. The zero-order valence-corrected chi connectivity index (χ0v) is 15.3. The van der Waals surface area contributed by atoms with E-state index in [-0.39, 0.29) is 11.8 Å². The summed E-state index contributed by atoms with van der Waals surface area (Å²) < 4.78 is 0. The van der Waals surface area contributed by atoms with Gasteiger partial charge in [0.25, 0.3) is 0 Å². The number of rotatable bonds is 5. The molecule has 0 radical (unpaired) electrons. The molecule has 4 nitrogen and oxygen atoms in total. The topological polar surface area (TPSA) is 54.0 Å². The molecule has 128 valence electrons. The van der Waals surface area contributed by atoms with Crippen LogP contribution in [0.15, 0.2) is 30.5 Å². The Hall–Kier alpha value is -1.43. The molecule has 0 spiro atoms. The monoisotopic (exact) mass is 363 g/mol. The smallest absolute Gasteiger partial charge is 0.229 e. The summed E-state index contributed by atoms with van der Waals surface area (Å²) in [7, 11) is 0. The van der Waals surface area contributed by atoms with Crippen molar-refractivity contribution in [2.75, 3.05) is 18.4 Å². The molecule has 1 aromatic heterocycles. The molecular formula is C18H22ClN3OS. The third-order valence-corrected chi connectivity index (χ3v) is 5.87. The van der Waals surface area contributed by atoms with E-state index in [0.29, 0.717) is 22.5 Å². The third kappa shape index (κ3) is 4.35. The highest BCUT2D eigenvalue weighted by Crippen LogP contribution is 2.32. The van der Waals surface area contributed by atoms with Gasteiger partial charge in [-0.2, -0.15) is 0 Å². The van der Waals surface area contributed by atoms with E-state index in [2.05, 4.69) is 15.6 Å². The number of nitrogens with one attached hydrogen (secondary N) is 2. The number of carbonyl (C=O) groups is 1. The Balaban J connectivity index is 1.58. The van der Waals surface area contributed by atoms with Gasteiger partial charge in [0.2, 0.25) is 5.91 Å². The van der Waals surface area contributed by atoms with Gasteiger partial charge in [0.05, 0.1) is 0 Å². The largest absolute Gasteiger partial charge is 0.317 e. The van der Waals surface area contributed by atoms with E-state index in [4.69, 9.17) is 11.6 Å². The predicted octanol–water partition coefficient (Wildman–Crippen LogP) is 4.08. The lowest BCUT2D eigenvalue weighted by atomic mass is 9.97. The quantitative estimate of drug-likeness (QED) is 0.841. The Kier molecular flexibility index (Phi) is 5.87. The molecule has 2 N–H and O–H groups in total. The van der Waals surface area contributed by atoms with Crippen LogP contribution in [0.25, 0.3) is 0 Å². The van der Waals surface area contributed by atoms with Crippen molar-refractivity contribution < 1.29 is 4.79 Å². The lowest BCUT2D eigenvalue weighted by molar-refractivity contribution is -0.119. The average molecular weight is 364 g/mol. The second kappa shape index (κ2) is 8.10. The van der Waals surface area contributed by atoms with Crippen molar-refractivity contribution in [2.45, 2.75) is 32.1 Å². The first-order valence-corrected chi connectivity index (χ1v) is 9.53. The van der Waals surface area contributed by atoms with Crippen molar-refractivity contribution in [1.82, 2.24) is 10.3 Å². The number of piperidine rings is 1. The summed E-state index contributed by atoms with van der Waals surface area (Å²) in [6, 6.07) is 7.66. The average Bonchev–Trinajstić information content (AvgIpc) is 3.06. The van der Waals surface area contributed by atoms with Gasteiger partial charge >= 0.3 is 0 Å². The van der Waals surface area contributed by atoms with Gasteiger partial charge in [0, 0.05) is 22.0 Å². The van der Waals surface area contributed by atoms with Gasteiger partial charge in [0.1, 0.15) is 0 Å². The van der Waals surface area contributed by atoms with E-state index in [0.717, 1.165) is 31.5 Å². The van der Waals surface area contributed by atoms with Gasteiger partial charge in [-0.25, -0.2) is 4.98 Å². The lowest BCUT2D eigenvalue weighted by Crippen LogP contribution is -2.26. The Bertz CT molecular complexity index is 697. The minimum absolute atomic E-state index is 0.0128. The maximum Gasteiger partial charge on any atom is 0.229 e. The molecule has 1 aliphatic rings. The van der Waals surface area contributed by atoms with Crippen LogP contribution < -0.4 is 10.6 Å². The molecule has 24 heavy (non-hydrogen) atoms. The summed E-state index contributed by atoms with van der Waals surface area (Å²) in [6.45, 7) is 4.03. The van der Waals surface area contributed by atoms with Crippen LogP contribution >= 0.6 is 22.9 Å². The fourth-order valence-corrected chi connectivity index (χ4v) is 4.16. The molecule has 0 bridgehead atoms. The number of halogens is 1. The van der Waals surface area contributed by atoms with E-state index in [1.54, 1.807) is 11.3 Å². The first-order chi connectivity index (χ1) is 11.6. The Morgan fingerprint density at radius 2 is 2.17 bits per heavy atom. The number of nitrogens with zero attached hydrogens (tertiary/aromatic N) is 1. The van der Waals surface area contributed by atoms with Crippen molar-refractivity contribution >= 4 is 34.0 Å². The van der Waals surface area contributed by atoms with Crippen LogP contribution in [0, 0.1) is 5.92 Å². The summed E-state index contributed by atoms with van der Waals surface area (Å²) in [6.07, 6.45) is 4.81. The van der Waals surface area contributed by atoms with Crippen LogP contribution in [0.4, 0.5) is 5.13 Å². The number of benzene rings is 1. The minimum Gasteiger partial charge on any atom is -0.317 e. The maximum atomic E-state index is 12.4. The summed E-state index contributed by atoms with van der Waals surface area (Å²) in [5, 5.41) is 7.72. The standard InChI is InChI=1S/C18H22ClN3OS/c1-12(10-14-4-2-3-5-15(14)19)17(23)22-18-21-11-16(24-18)13-6-8-20-9-7-13/h2-5,11-13,20H,6-10H2,1H3,(H,21,22,23). The van der Waals surface area contributed by atoms with Gasteiger partial charge in [0.15, 0.2) is 5.13 Å². The molecular weight excluding hydrogens is 342 g/mol. The summed E-state index contributed by atoms with van der Waals surface area (Å²) in [4.78, 5) is 18.1. The molecule has 6 heteroatoms. The van der Waals surface area contributed by atoms with Crippen LogP contribution in [0.3, 0.4) is 0 Å². The number of anilines is 1. The molecule has 2 heterocycles. The molecule has 1 amide bonds. The summed E-state index contributed by atoms with van der Waals surface area (Å²) >= 11 is 7.77. The van der Waals surface area contributed by atoms with Crippen molar-refractivity contribution in [1.29, 1.82) is 0 Å². The van der Waals surface area contributed by atoms with E-state index in [1.807, 2.05) is 37.4 Å². The Morgan fingerprint density at radius 3 is 2.92 bits per heavy atom. The normalized spacial score (nSPS) is 16.8. The highest BCUT2D eigenvalue weighted by molar-refractivity contribution is 7.15. The zero-order valence-electron chi connectivity index (χ0n) is 13.7. The van der Waals surface area contributed by atoms with Gasteiger partial charge in [-0.3, -0.25) is 4.79 Å². The van der Waals surface area contributed by atoms with Crippen LogP contribution in [0.5, 0.6) is 0 Å². The van der Waals surface area contributed by atoms with Gasteiger partial charge < -0.3 is 10.6 Å².